The Morgan fingerprint density at radius 1 is 1.33 bits per heavy atom. The van der Waals surface area contributed by atoms with Crippen LogP contribution in [-0.4, -0.2) is 31.1 Å². The predicted molar refractivity (Wildman–Crippen MR) is 66.9 cm³/mol. The molecule has 0 unspecified atom stereocenters. The van der Waals surface area contributed by atoms with Crippen LogP contribution in [0.25, 0.3) is 0 Å². The average molecular weight is 212 g/mol. The van der Waals surface area contributed by atoms with Gasteiger partial charge in [-0.2, -0.15) is 0 Å². The molecule has 1 fully saturated rings. The lowest BCUT2D eigenvalue weighted by molar-refractivity contribution is 0.258. The van der Waals surface area contributed by atoms with Gasteiger partial charge in [0.25, 0.3) is 0 Å². The van der Waals surface area contributed by atoms with E-state index in [1.807, 2.05) is 0 Å². The molecule has 0 aromatic rings. The molecule has 1 saturated heterocycles. The lowest BCUT2D eigenvalue weighted by Gasteiger charge is -2.24. The molecule has 2 heteroatoms. The Bertz CT molecular complexity index is 197. The van der Waals surface area contributed by atoms with Gasteiger partial charge in [-0.3, -0.25) is 0 Å². The topological polar surface area (TPSA) is 29.3 Å². The van der Waals surface area contributed by atoms with Gasteiger partial charge in [0, 0.05) is 6.54 Å². The van der Waals surface area contributed by atoms with E-state index in [1.54, 1.807) is 0 Å². The molecular weight excluding hydrogens is 184 g/mol. The van der Waals surface area contributed by atoms with Crippen molar-refractivity contribution in [1.82, 2.24) is 4.90 Å². The molecular formula is C13H28N2. The van der Waals surface area contributed by atoms with Crippen molar-refractivity contribution < 1.29 is 0 Å². The zero-order chi connectivity index (χ0) is 11.5. The van der Waals surface area contributed by atoms with E-state index in [1.165, 1.54) is 38.9 Å². The third-order valence-corrected chi connectivity index (χ3v) is 3.64. The second-order valence-electron chi connectivity index (χ2n) is 6.66. The zero-order valence-corrected chi connectivity index (χ0v) is 11.0. The standard InChI is InChI=1S/C13H28N2/c1-12(2,10-14)6-5-8-15-9-7-13(3,4)11-15/h5-11,14H2,1-4H3. The van der Waals surface area contributed by atoms with Gasteiger partial charge in [0.1, 0.15) is 0 Å². The Kier molecular flexibility index (Phi) is 4.19. The van der Waals surface area contributed by atoms with E-state index in [9.17, 15) is 0 Å². The van der Waals surface area contributed by atoms with Crippen LogP contribution < -0.4 is 5.73 Å². The molecule has 0 radical (unpaired) electrons. The van der Waals surface area contributed by atoms with E-state index in [0.29, 0.717) is 10.8 Å². The third kappa shape index (κ3) is 4.52. The van der Waals surface area contributed by atoms with Crippen molar-refractivity contribution in [2.45, 2.75) is 47.0 Å². The fraction of sp³-hybridized carbons (Fsp3) is 1.00. The normalized spacial score (nSPS) is 22.2. The molecule has 0 aromatic carbocycles. The minimum Gasteiger partial charge on any atom is -0.330 e. The molecule has 90 valence electrons. The van der Waals surface area contributed by atoms with Crippen molar-refractivity contribution in [2.24, 2.45) is 16.6 Å². The van der Waals surface area contributed by atoms with Crippen LogP contribution >= 0.6 is 0 Å². The van der Waals surface area contributed by atoms with Gasteiger partial charge in [0.05, 0.1) is 0 Å². The van der Waals surface area contributed by atoms with Crippen molar-refractivity contribution in [1.29, 1.82) is 0 Å². The molecule has 1 rings (SSSR count). The molecule has 0 atom stereocenters. The average Bonchev–Trinajstić information content (AvgIpc) is 2.45. The highest BCUT2D eigenvalue weighted by Crippen LogP contribution is 2.29. The van der Waals surface area contributed by atoms with Crippen LogP contribution in [0.2, 0.25) is 0 Å². The molecule has 1 aliphatic rings. The van der Waals surface area contributed by atoms with Crippen molar-refractivity contribution in [3.05, 3.63) is 0 Å². The van der Waals surface area contributed by atoms with Gasteiger partial charge < -0.3 is 10.6 Å². The molecule has 0 spiro atoms. The molecule has 2 N–H and O–H groups in total. The maximum Gasteiger partial charge on any atom is 0.00332 e. The van der Waals surface area contributed by atoms with Gasteiger partial charge in [0.15, 0.2) is 0 Å². The van der Waals surface area contributed by atoms with E-state index >= 15 is 0 Å². The van der Waals surface area contributed by atoms with Crippen LogP contribution in [0.4, 0.5) is 0 Å². The van der Waals surface area contributed by atoms with Gasteiger partial charge in [-0.15, -0.1) is 0 Å². The number of hydrogen-bond donors (Lipinski definition) is 1. The monoisotopic (exact) mass is 212 g/mol. The van der Waals surface area contributed by atoms with Crippen LogP contribution in [-0.2, 0) is 0 Å². The fourth-order valence-electron chi connectivity index (χ4n) is 2.30. The van der Waals surface area contributed by atoms with E-state index in [4.69, 9.17) is 5.73 Å². The molecule has 0 saturated carbocycles. The van der Waals surface area contributed by atoms with Crippen LogP contribution in [0.15, 0.2) is 0 Å². The molecule has 0 amide bonds. The number of hydrogen-bond acceptors (Lipinski definition) is 2. The highest BCUT2D eigenvalue weighted by atomic mass is 15.1. The summed E-state index contributed by atoms with van der Waals surface area (Å²) in [5.74, 6) is 0. The summed E-state index contributed by atoms with van der Waals surface area (Å²) in [6, 6.07) is 0. The molecule has 1 aliphatic heterocycles. The quantitative estimate of drug-likeness (QED) is 0.758. The third-order valence-electron chi connectivity index (χ3n) is 3.64. The van der Waals surface area contributed by atoms with E-state index < -0.39 is 0 Å². The predicted octanol–water partition coefficient (Wildman–Crippen LogP) is 2.48. The minimum absolute atomic E-state index is 0.329. The van der Waals surface area contributed by atoms with Gasteiger partial charge in [-0.05, 0) is 49.7 Å². The molecule has 1 heterocycles. The Morgan fingerprint density at radius 3 is 2.47 bits per heavy atom. The minimum atomic E-state index is 0.329. The first kappa shape index (κ1) is 13.0. The SMILES string of the molecule is CC(C)(CN)CCCN1CCC(C)(C)C1. The van der Waals surface area contributed by atoms with E-state index in [2.05, 4.69) is 32.6 Å². The fourth-order valence-corrected chi connectivity index (χ4v) is 2.30. The van der Waals surface area contributed by atoms with Crippen LogP contribution in [0, 0.1) is 10.8 Å². The highest BCUT2D eigenvalue weighted by molar-refractivity contribution is 4.82. The first-order chi connectivity index (χ1) is 6.85. The summed E-state index contributed by atoms with van der Waals surface area (Å²) in [4.78, 5) is 2.60. The van der Waals surface area contributed by atoms with E-state index in [0.717, 1.165) is 6.54 Å². The first-order valence-electron chi connectivity index (χ1n) is 6.27. The summed E-state index contributed by atoms with van der Waals surface area (Å²) in [5.41, 5.74) is 6.60. The molecule has 0 aliphatic carbocycles. The Labute approximate surface area is 95.2 Å². The smallest absolute Gasteiger partial charge is 0.00332 e. The maximum atomic E-state index is 5.73. The van der Waals surface area contributed by atoms with Crippen LogP contribution in [0.3, 0.4) is 0 Å². The zero-order valence-electron chi connectivity index (χ0n) is 11.0. The van der Waals surface area contributed by atoms with Gasteiger partial charge >= 0.3 is 0 Å². The second-order valence-corrected chi connectivity index (χ2v) is 6.66. The van der Waals surface area contributed by atoms with Gasteiger partial charge in [-0.1, -0.05) is 27.7 Å². The second kappa shape index (κ2) is 4.84. The van der Waals surface area contributed by atoms with E-state index in [-0.39, 0.29) is 0 Å². The lowest BCUT2D eigenvalue weighted by Crippen LogP contribution is -2.28. The molecule has 0 bridgehead atoms. The van der Waals surface area contributed by atoms with Crippen LogP contribution in [0.1, 0.15) is 47.0 Å². The maximum absolute atomic E-state index is 5.73. The molecule has 0 aromatic heterocycles. The summed E-state index contributed by atoms with van der Waals surface area (Å²) in [6.45, 7) is 13.9. The summed E-state index contributed by atoms with van der Waals surface area (Å²) in [6.07, 6.45) is 3.90. The summed E-state index contributed by atoms with van der Waals surface area (Å²) in [5, 5.41) is 0. The number of likely N-dealkylation sites (tertiary alicyclic amines) is 1. The highest BCUT2D eigenvalue weighted by Gasteiger charge is 2.28. The largest absolute Gasteiger partial charge is 0.330 e. The summed E-state index contributed by atoms with van der Waals surface area (Å²) < 4.78 is 0. The van der Waals surface area contributed by atoms with Crippen molar-refractivity contribution in [3.63, 3.8) is 0 Å². The van der Waals surface area contributed by atoms with Crippen molar-refractivity contribution in [3.8, 4) is 0 Å². The number of nitrogens with zero attached hydrogens (tertiary/aromatic N) is 1. The lowest BCUT2D eigenvalue weighted by atomic mass is 9.88. The van der Waals surface area contributed by atoms with Gasteiger partial charge in [0.2, 0.25) is 0 Å². The summed E-state index contributed by atoms with van der Waals surface area (Å²) in [7, 11) is 0. The van der Waals surface area contributed by atoms with Crippen molar-refractivity contribution >= 4 is 0 Å². The van der Waals surface area contributed by atoms with Crippen molar-refractivity contribution in [2.75, 3.05) is 26.2 Å². The Hall–Kier alpha value is -0.0800. The first-order valence-corrected chi connectivity index (χ1v) is 6.27. The number of rotatable bonds is 5. The van der Waals surface area contributed by atoms with Gasteiger partial charge in [-0.25, -0.2) is 0 Å². The number of nitrogens with two attached hydrogens (primary N) is 1. The molecule has 15 heavy (non-hydrogen) atoms. The summed E-state index contributed by atoms with van der Waals surface area (Å²) >= 11 is 0. The Morgan fingerprint density at radius 2 is 2.00 bits per heavy atom. The van der Waals surface area contributed by atoms with Crippen LogP contribution in [0.5, 0.6) is 0 Å². The molecule has 2 nitrogen and oxygen atoms in total. The Balaban J connectivity index is 2.17.